The van der Waals surface area contributed by atoms with Crippen molar-refractivity contribution in [3.05, 3.63) is 23.7 Å². The average molecular weight is 258 g/mol. The molecule has 0 aliphatic rings. The topological polar surface area (TPSA) is 64.1 Å². The molecule has 0 saturated heterocycles. The van der Waals surface area contributed by atoms with Crippen LogP contribution in [0.3, 0.4) is 0 Å². The second-order valence-corrected chi connectivity index (χ2v) is 3.82. The number of nitrogens with one attached hydrogen (secondary N) is 1. The van der Waals surface area contributed by atoms with E-state index in [9.17, 15) is 0 Å². The standard InChI is InChI=1S/C11H15N3O2.ClH/c1-7(12-3)6-10-13-11(16-14-10)9-5-4-8(2)15-9;/h4-5,7,12H,6H2,1-3H3;1H. The molecule has 5 nitrogen and oxygen atoms in total. The van der Waals surface area contributed by atoms with Crippen LogP contribution < -0.4 is 5.32 Å². The van der Waals surface area contributed by atoms with Gasteiger partial charge in [-0.3, -0.25) is 0 Å². The average Bonchev–Trinajstić information content (AvgIpc) is 2.87. The molecule has 1 unspecified atom stereocenters. The highest BCUT2D eigenvalue weighted by atomic mass is 35.5. The molecule has 2 aromatic rings. The van der Waals surface area contributed by atoms with Crippen LogP contribution in [0.1, 0.15) is 18.5 Å². The smallest absolute Gasteiger partial charge is 0.293 e. The highest BCUT2D eigenvalue weighted by Gasteiger charge is 2.13. The Balaban J connectivity index is 0.00000144. The summed E-state index contributed by atoms with van der Waals surface area (Å²) >= 11 is 0. The summed E-state index contributed by atoms with van der Waals surface area (Å²) in [5, 5.41) is 7.03. The van der Waals surface area contributed by atoms with Crippen LogP contribution >= 0.6 is 12.4 Å². The lowest BCUT2D eigenvalue weighted by atomic mass is 10.2. The van der Waals surface area contributed by atoms with Crippen molar-refractivity contribution >= 4 is 12.4 Å². The fraction of sp³-hybridized carbons (Fsp3) is 0.455. The number of furan rings is 1. The van der Waals surface area contributed by atoms with Gasteiger partial charge in [-0.25, -0.2) is 0 Å². The van der Waals surface area contributed by atoms with Gasteiger partial charge < -0.3 is 14.3 Å². The molecule has 1 atom stereocenters. The van der Waals surface area contributed by atoms with Crippen molar-refractivity contribution in [3.63, 3.8) is 0 Å². The van der Waals surface area contributed by atoms with E-state index >= 15 is 0 Å². The van der Waals surface area contributed by atoms with Crippen LogP contribution in [0.4, 0.5) is 0 Å². The number of aromatic nitrogens is 2. The minimum absolute atomic E-state index is 0. The molecule has 2 aromatic heterocycles. The number of nitrogens with zero attached hydrogens (tertiary/aromatic N) is 2. The first kappa shape index (κ1) is 13.7. The Morgan fingerprint density at radius 1 is 1.41 bits per heavy atom. The van der Waals surface area contributed by atoms with Gasteiger partial charge in [-0.1, -0.05) is 5.16 Å². The van der Waals surface area contributed by atoms with Crippen molar-refractivity contribution in [2.75, 3.05) is 7.05 Å². The van der Waals surface area contributed by atoms with Gasteiger partial charge in [0.2, 0.25) is 0 Å². The highest BCUT2D eigenvalue weighted by molar-refractivity contribution is 5.85. The molecule has 0 bridgehead atoms. The summed E-state index contributed by atoms with van der Waals surface area (Å²) in [5.41, 5.74) is 0. The Morgan fingerprint density at radius 3 is 2.76 bits per heavy atom. The molecule has 0 aliphatic carbocycles. The van der Waals surface area contributed by atoms with E-state index < -0.39 is 0 Å². The fourth-order valence-corrected chi connectivity index (χ4v) is 1.36. The van der Waals surface area contributed by atoms with Gasteiger partial charge in [0.15, 0.2) is 11.6 Å². The monoisotopic (exact) mass is 257 g/mol. The summed E-state index contributed by atoms with van der Waals surface area (Å²) in [7, 11) is 1.90. The molecular weight excluding hydrogens is 242 g/mol. The van der Waals surface area contributed by atoms with Gasteiger partial charge in [-0.2, -0.15) is 4.98 Å². The second-order valence-electron chi connectivity index (χ2n) is 3.82. The molecule has 0 saturated carbocycles. The van der Waals surface area contributed by atoms with Crippen molar-refractivity contribution in [2.45, 2.75) is 26.3 Å². The zero-order chi connectivity index (χ0) is 11.5. The predicted octanol–water partition coefficient (Wildman–Crippen LogP) is 2.21. The Bertz CT molecular complexity index is 467. The first-order valence-electron chi connectivity index (χ1n) is 5.25. The maximum atomic E-state index is 5.40. The summed E-state index contributed by atoms with van der Waals surface area (Å²) in [4.78, 5) is 4.27. The van der Waals surface area contributed by atoms with Gasteiger partial charge in [-0.05, 0) is 33.0 Å². The van der Waals surface area contributed by atoms with Crippen molar-refractivity contribution in [2.24, 2.45) is 0 Å². The van der Waals surface area contributed by atoms with Crippen LogP contribution in [0.15, 0.2) is 21.1 Å². The third-order valence-electron chi connectivity index (χ3n) is 2.40. The van der Waals surface area contributed by atoms with Gasteiger partial charge in [0, 0.05) is 12.5 Å². The molecule has 0 fully saturated rings. The Morgan fingerprint density at radius 2 is 2.18 bits per heavy atom. The number of hydrogen-bond donors (Lipinski definition) is 1. The maximum absolute atomic E-state index is 5.40. The van der Waals surface area contributed by atoms with E-state index in [1.807, 2.05) is 26.1 Å². The molecule has 2 heterocycles. The van der Waals surface area contributed by atoms with E-state index in [0.717, 1.165) is 12.2 Å². The minimum atomic E-state index is 0. The summed E-state index contributed by atoms with van der Waals surface area (Å²) in [6, 6.07) is 4.02. The number of hydrogen-bond acceptors (Lipinski definition) is 5. The molecule has 0 amide bonds. The highest BCUT2D eigenvalue weighted by Crippen LogP contribution is 2.19. The van der Waals surface area contributed by atoms with Crippen LogP contribution in [0.25, 0.3) is 11.7 Å². The first-order chi connectivity index (χ1) is 7.69. The maximum Gasteiger partial charge on any atom is 0.293 e. The molecule has 2 rings (SSSR count). The van der Waals surface area contributed by atoms with Crippen molar-refractivity contribution in [1.29, 1.82) is 0 Å². The lowest BCUT2D eigenvalue weighted by Gasteiger charge is -2.04. The fourth-order valence-electron chi connectivity index (χ4n) is 1.36. The summed E-state index contributed by atoms with van der Waals surface area (Å²) in [6.45, 7) is 3.94. The van der Waals surface area contributed by atoms with Crippen molar-refractivity contribution < 1.29 is 8.94 Å². The van der Waals surface area contributed by atoms with Crippen LogP contribution in [0.2, 0.25) is 0 Å². The molecule has 94 valence electrons. The quantitative estimate of drug-likeness (QED) is 0.910. The molecule has 1 N–H and O–H groups in total. The predicted molar refractivity (Wildman–Crippen MR) is 66.2 cm³/mol. The lowest BCUT2D eigenvalue weighted by molar-refractivity contribution is 0.403. The first-order valence-corrected chi connectivity index (χ1v) is 5.25. The molecular formula is C11H16ClN3O2. The Labute approximate surface area is 106 Å². The summed E-state index contributed by atoms with van der Waals surface area (Å²) < 4.78 is 10.5. The van der Waals surface area contributed by atoms with Crippen LogP contribution in [0.5, 0.6) is 0 Å². The SMILES string of the molecule is CNC(C)Cc1noc(-c2ccc(C)o2)n1.Cl. The van der Waals surface area contributed by atoms with E-state index in [-0.39, 0.29) is 12.4 Å². The number of rotatable bonds is 4. The molecule has 0 spiro atoms. The lowest BCUT2D eigenvalue weighted by Crippen LogP contribution is -2.24. The Kier molecular flexibility index (Phi) is 4.72. The Hall–Kier alpha value is -1.33. The largest absolute Gasteiger partial charge is 0.456 e. The van der Waals surface area contributed by atoms with Gasteiger partial charge in [0.1, 0.15) is 5.76 Å². The summed E-state index contributed by atoms with van der Waals surface area (Å²) in [5.74, 6) is 2.57. The molecule has 6 heteroatoms. The minimum Gasteiger partial charge on any atom is -0.456 e. The van der Waals surface area contributed by atoms with Gasteiger partial charge >= 0.3 is 0 Å². The number of halogens is 1. The van der Waals surface area contributed by atoms with Gasteiger partial charge in [0.25, 0.3) is 5.89 Å². The number of aryl methyl sites for hydroxylation is 1. The van der Waals surface area contributed by atoms with E-state index in [1.54, 1.807) is 0 Å². The molecule has 0 aromatic carbocycles. The second kappa shape index (κ2) is 5.84. The van der Waals surface area contributed by atoms with Crippen molar-refractivity contribution in [3.8, 4) is 11.7 Å². The van der Waals surface area contributed by atoms with Crippen LogP contribution in [-0.4, -0.2) is 23.2 Å². The summed E-state index contributed by atoms with van der Waals surface area (Å²) in [6.07, 6.45) is 0.736. The third kappa shape index (κ3) is 3.31. The van der Waals surface area contributed by atoms with Crippen LogP contribution in [-0.2, 0) is 6.42 Å². The zero-order valence-corrected chi connectivity index (χ0v) is 10.9. The molecule has 17 heavy (non-hydrogen) atoms. The molecule has 0 aliphatic heterocycles. The van der Waals surface area contributed by atoms with Gasteiger partial charge in [0.05, 0.1) is 0 Å². The molecule has 0 radical (unpaired) electrons. The zero-order valence-electron chi connectivity index (χ0n) is 10.1. The van der Waals surface area contributed by atoms with E-state index in [2.05, 4.69) is 22.4 Å². The van der Waals surface area contributed by atoms with Gasteiger partial charge in [-0.15, -0.1) is 12.4 Å². The van der Waals surface area contributed by atoms with E-state index in [4.69, 9.17) is 8.94 Å². The van der Waals surface area contributed by atoms with E-state index in [1.165, 1.54) is 0 Å². The van der Waals surface area contributed by atoms with E-state index in [0.29, 0.717) is 23.5 Å². The number of likely N-dealkylation sites (N-methyl/N-ethyl adjacent to an activating group) is 1. The van der Waals surface area contributed by atoms with Crippen molar-refractivity contribution in [1.82, 2.24) is 15.5 Å². The third-order valence-corrected chi connectivity index (χ3v) is 2.40. The van der Waals surface area contributed by atoms with Crippen LogP contribution in [0, 0.1) is 6.92 Å². The normalized spacial score (nSPS) is 12.2.